The summed E-state index contributed by atoms with van der Waals surface area (Å²) in [5.74, 6) is -1.74. The van der Waals surface area contributed by atoms with Gasteiger partial charge < -0.3 is 16.0 Å². The van der Waals surface area contributed by atoms with E-state index in [9.17, 15) is 9.59 Å². The van der Waals surface area contributed by atoms with Crippen LogP contribution in [-0.4, -0.2) is 21.7 Å². The first kappa shape index (κ1) is 15.3. The second-order valence-electron chi connectivity index (χ2n) is 5.65. The van der Waals surface area contributed by atoms with E-state index < -0.39 is 11.7 Å². The number of hydrogen-bond acceptors (Lipinski definition) is 5. The Labute approximate surface area is 146 Å². The lowest BCUT2D eigenvalue weighted by Crippen LogP contribution is -2.22. The average molecular weight is 350 g/mol. The maximum absolute atomic E-state index is 11.6. The number of H-pyrrole nitrogens is 1. The second kappa shape index (κ2) is 6.03. The van der Waals surface area contributed by atoms with Gasteiger partial charge in [-0.25, -0.2) is 4.98 Å². The number of benzene rings is 2. The first-order valence-electron chi connectivity index (χ1n) is 7.65. The predicted octanol–water partition coefficient (Wildman–Crippen LogP) is 3.06. The zero-order chi connectivity index (χ0) is 17.4. The zero-order valence-corrected chi connectivity index (χ0v) is 13.9. The van der Waals surface area contributed by atoms with Crippen LogP contribution >= 0.6 is 11.3 Å². The lowest BCUT2D eigenvalue weighted by molar-refractivity contribution is -0.114. The monoisotopic (exact) mass is 350 g/mol. The molecule has 0 atom stereocenters. The number of fused-ring (bicyclic) bond motifs is 2. The molecule has 0 unspecified atom stereocenters. The topological polar surface area (TPSA) is 101 Å². The second-order valence-corrected chi connectivity index (χ2v) is 6.68. The Hall–Kier alpha value is -3.19. The van der Waals surface area contributed by atoms with Gasteiger partial charge in [0.05, 0.1) is 10.2 Å². The van der Waals surface area contributed by atoms with E-state index in [1.54, 1.807) is 0 Å². The third-order valence-electron chi connectivity index (χ3n) is 3.92. The molecule has 0 radical (unpaired) electrons. The summed E-state index contributed by atoms with van der Waals surface area (Å²) < 4.78 is 0.828. The van der Waals surface area contributed by atoms with E-state index in [0.717, 1.165) is 21.5 Å². The molecule has 2 heterocycles. The van der Waals surface area contributed by atoms with Gasteiger partial charge in [-0.1, -0.05) is 12.1 Å². The molecule has 2 aromatic carbocycles. The lowest BCUT2D eigenvalue weighted by Gasteiger charge is -2.06. The molecule has 6 nitrogen and oxygen atoms in total. The highest BCUT2D eigenvalue weighted by Gasteiger charge is 2.17. The first-order chi connectivity index (χ1) is 12.1. The van der Waals surface area contributed by atoms with Gasteiger partial charge in [0, 0.05) is 23.9 Å². The van der Waals surface area contributed by atoms with Gasteiger partial charge in [-0.2, -0.15) is 0 Å². The quantitative estimate of drug-likeness (QED) is 0.380. The summed E-state index contributed by atoms with van der Waals surface area (Å²) in [5, 5.41) is 4.66. The van der Waals surface area contributed by atoms with Crippen molar-refractivity contribution in [2.45, 2.75) is 6.54 Å². The van der Waals surface area contributed by atoms with Crippen LogP contribution in [0.1, 0.15) is 15.4 Å². The van der Waals surface area contributed by atoms with Crippen LogP contribution in [0.4, 0.5) is 5.69 Å². The first-order valence-corrected chi connectivity index (χ1v) is 8.46. The van der Waals surface area contributed by atoms with Crippen LogP contribution < -0.4 is 11.1 Å². The van der Waals surface area contributed by atoms with Gasteiger partial charge in [-0.3, -0.25) is 9.59 Å². The number of nitrogens with one attached hydrogen (secondary N) is 2. The Balaban J connectivity index is 1.54. The molecule has 0 fully saturated rings. The van der Waals surface area contributed by atoms with E-state index in [2.05, 4.69) is 33.5 Å². The number of rotatable bonds is 5. The minimum atomic E-state index is -0.989. The molecule has 0 aliphatic rings. The molecule has 1 amide bonds. The third kappa shape index (κ3) is 2.97. The number of hydrogen-bond donors (Lipinski definition) is 3. The summed E-state index contributed by atoms with van der Waals surface area (Å²) in [4.78, 5) is 30.0. The lowest BCUT2D eigenvalue weighted by atomic mass is 10.1. The molecule has 25 heavy (non-hydrogen) atoms. The average Bonchev–Trinajstić information content (AvgIpc) is 3.24. The maximum atomic E-state index is 11.6. The Morgan fingerprint density at radius 3 is 2.88 bits per heavy atom. The van der Waals surface area contributed by atoms with Crippen LogP contribution in [0.15, 0.2) is 48.7 Å². The highest BCUT2D eigenvalue weighted by molar-refractivity contribution is 7.21. The van der Waals surface area contributed by atoms with Crippen LogP contribution in [0, 0.1) is 0 Å². The molecule has 0 saturated carbocycles. The molecule has 0 bridgehead atoms. The summed E-state index contributed by atoms with van der Waals surface area (Å²) in [6.45, 7) is 0.673. The van der Waals surface area contributed by atoms with E-state index in [-0.39, 0.29) is 5.01 Å². The Kier molecular flexibility index (Phi) is 3.70. The number of Topliss-reactive ketones (excluding diaryl/α,β-unsaturated/α-hetero) is 1. The van der Waals surface area contributed by atoms with Gasteiger partial charge in [0.15, 0.2) is 5.01 Å². The molecule has 4 aromatic rings. The van der Waals surface area contributed by atoms with Gasteiger partial charge in [0.1, 0.15) is 0 Å². The number of aromatic amines is 1. The largest absolute Gasteiger partial charge is 0.381 e. The minimum absolute atomic E-state index is 0.122. The number of carbonyl (C=O) groups excluding carboxylic acids is 2. The predicted molar refractivity (Wildman–Crippen MR) is 98.8 cm³/mol. The van der Waals surface area contributed by atoms with Crippen molar-refractivity contribution in [3.05, 3.63) is 59.2 Å². The van der Waals surface area contributed by atoms with Crippen molar-refractivity contribution in [3.63, 3.8) is 0 Å². The number of aromatic nitrogens is 2. The molecule has 4 rings (SSSR count). The highest BCUT2D eigenvalue weighted by atomic mass is 32.1. The summed E-state index contributed by atoms with van der Waals surface area (Å²) in [6, 6.07) is 13.9. The van der Waals surface area contributed by atoms with Crippen LogP contribution in [-0.2, 0) is 11.3 Å². The number of carbonyl (C=O) groups is 2. The fourth-order valence-electron chi connectivity index (χ4n) is 2.65. The van der Waals surface area contributed by atoms with Crippen molar-refractivity contribution in [3.8, 4) is 0 Å². The van der Waals surface area contributed by atoms with Crippen molar-refractivity contribution in [2.75, 3.05) is 5.32 Å². The number of anilines is 1. The van der Waals surface area contributed by atoms with Crippen molar-refractivity contribution in [1.82, 2.24) is 9.97 Å². The van der Waals surface area contributed by atoms with Crippen LogP contribution in [0.25, 0.3) is 21.1 Å². The molecular formula is C18H14N4O2S. The standard InChI is InChI=1S/C18H14N4O2S/c19-17(24)16(23)18-22-13-4-3-12(8-15(13)25-18)21-9-10-1-2-11-5-6-20-14(11)7-10/h1-8,20-21H,9H2,(H2,19,24). The molecule has 2 aromatic heterocycles. The van der Waals surface area contributed by atoms with E-state index in [0.29, 0.717) is 12.1 Å². The van der Waals surface area contributed by atoms with Crippen molar-refractivity contribution >= 4 is 49.8 Å². The molecule has 4 N–H and O–H groups in total. The number of nitrogens with two attached hydrogens (primary N) is 1. The van der Waals surface area contributed by atoms with E-state index in [4.69, 9.17) is 5.73 Å². The van der Waals surface area contributed by atoms with E-state index >= 15 is 0 Å². The smallest absolute Gasteiger partial charge is 0.292 e. The Bertz CT molecular complexity index is 1110. The molecule has 0 aliphatic heterocycles. The van der Waals surface area contributed by atoms with E-state index in [1.807, 2.05) is 30.5 Å². The maximum Gasteiger partial charge on any atom is 0.292 e. The van der Waals surface area contributed by atoms with Gasteiger partial charge >= 0.3 is 0 Å². The van der Waals surface area contributed by atoms with Crippen LogP contribution in [0.5, 0.6) is 0 Å². The summed E-state index contributed by atoms with van der Waals surface area (Å²) in [5.41, 5.74) is 8.88. The number of nitrogens with zero attached hydrogens (tertiary/aromatic N) is 1. The fourth-order valence-corrected chi connectivity index (χ4v) is 3.60. The molecule has 0 saturated heterocycles. The zero-order valence-electron chi connectivity index (χ0n) is 13.1. The number of primary amides is 1. The van der Waals surface area contributed by atoms with Crippen molar-refractivity contribution in [1.29, 1.82) is 0 Å². The van der Waals surface area contributed by atoms with Gasteiger partial charge in [-0.05, 0) is 41.3 Å². The number of amides is 1. The van der Waals surface area contributed by atoms with Crippen molar-refractivity contribution in [2.24, 2.45) is 5.73 Å². The Morgan fingerprint density at radius 1 is 1.16 bits per heavy atom. The van der Waals surface area contributed by atoms with Crippen molar-refractivity contribution < 1.29 is 9.59 Å². The molecule has 7 heteroatoms. The van der Waals surface area contributed by atoms with Gasteiger partial charge in [0.25, 0.3) is 11.7 Å². The molecular weight excluding hydrogens is 336 g/mol. The number of thiazole rings is 1. The summed E-state index contributed by atoms with van der Waals surface area (Å²) >= 11 is 1.17. The Morgan fingerprint density at radius 2 is 2.04 bits per heavy atom. The summed E-state index contributed by atoms with van der Waals surface area (Å²) in [6.07, 6.45) is 1.92. The fraction of sp³-hybridized carbons (Fsp3) is 0.0556. The highest BCUT2D eigenvalue weighted by Crippen LogP contribution is 2.26. The molecule has 124 valence electrons. The molecule has 0 spiro atoms. The summed E-state index contributed by atoms with van der Waals surface area (Å²) in [7, 11) is 0. The van der Waals surface area contributed by atoms with Crippen LogP contribution in [0.3, 0.4) is 0 Å². The van der Waals surface area contributed by atoms with Crippen LogP contribution in [0.2, 0.25) is 0 Å². The third-order valence-corrected chi connectivity index (χ3v) is 4.94. The minimum Gasteiger partial charge on any atom is -0.381 e. The molecule has 0 aliphatic carbocycles. The van der Waals surface area contributed by atoms with Gasteiger partial charge in [-0.15, -0.1) is 11.3 Å². The SMILES string of the molecule is NC(=O)C(=O)c1nc2ccc(NCc3ccc4cc[nH]c4c3)cc2s1. The van der Waals surface area contributed by atoms with Gasteiger partial charge in [0.2, 0.25) is 0 Å². The normalized spacial score (nSPS) is 11.0. The van der Waals surface area contributed by atoms with E-state index in [1.165, 1.54) is 16.7 Å². The number of ketones is 1.